The fraction of sp³-hybridized carbons (Fsp3) is 0.538. The van der Waals surface area contributed by atoms with E-state index in [1.165, 1.54) is 5.56 Å². The van der Waals surface area contributed by atoms with Crippen LogP contribution in [0.15, 0.2) is 30.3 Å². The zero-order valence-corrected chi connectivity index (χ0v) is 10.1. The molecule has 1 rings (SSSR count). The van der Waals surface area contributed by atoms with Crippen molar-refractivity contribution in [3.05, 3.63) is 35.9 Å². The van der Waals surface area contributed by atoms with E-state index in [4.69, 9.17) is 10.5 Å². The molecule has 2 nitrogen and oxygen atoms in total. The topological polar surface area (TPSA) is 35.2 Å². The Morgan fingerprint density at radius 1 is 1.13 bits per heavy atom. The van der Waals surface area contributed by atoms with E-state index in [9.17, 15) is 0 Å². The lowest BCUT2D eigenvalue weighted by Crippen LogP contribution is -2.07. The van der Waals surface area contributed by atoms with Crippen LogP contribution >= 0.6 is 0 Å². The molecule has 2 N–H and O–H groups in total. The maximum absolute atomic E-state index is 5.27. The average molecular weight is 209 g/mol. The molecule has 0 aromatic heterocycles. The van der Waals surface area contributed by atoms with Gasteiger partial charge in [-0.05, 0) is 11.5 Å². The van der Waals surface area contributed by atoms with Crippen molar-refractivity contribution in [3.8, 4) is 0 Å². The molecule has 15 heavy (non-hydrogen) atoms. The lowest BCUT2D eigenvalue weighted by Gasteiger charge is -2.00. The molecule has 0 radical (unpaired) electrons. The van der Waals surface area contributed by atoms with Crippen LogP contribution < -0.4 is 5.73 Å². The van der Waals surface area contributed by atoms with E-state index in [0.29, 0.717) is 19.8 Å². The Balaban J connectivity index is 0.000000423. The van der Waals surface area contributed by atoms with Crippen LogP contribution in [0.2, 0.25) is 0 Å². The summed E-state index contributed by atoms with van der Waals surface area (Å²) >= 11 is 0. The maximum Gasteiger partial charge on any atom is 0.0717 e. The predicted molar refractivity (Wildman–Crippen MR) is 65.7 cm³/mol. The zero-order chi connectivity index (χ0) is 11.5. The number of benzene rings is 1. The van der Waals surface area contributed by atoms with Crippen LogP contribution in [0.4, 0.5) is 0 Å². The van der Waals surface area contributed by atoms with Gasteiger partial charge in [0.25, 0.3) is 0 Å². The van der Waals surface area contributed by atoms with Crippen molar-refractivity contribution < 1.29 is 4.74 Å². The molecule has 86 valence electrons. The standard InChI is InChI=1S/C9H13NO.C4H10/c10-6-7-11-8-9-4-2-1-3-5-9;1-4(2)3/h1-5H,6-8,10H2;4H,1-3H3. The lowest BCUT2D eigenvalue weighted by molar-refractivity contribution is 0.128. The van der Waals surface area contributed by atoms with Gasteiger partial charge in [0.15, 0.2) is 0 Å². The summed E-state index contributed by atoms with van der Waals surface area (Å²) in [7, 11) is 0. The molecular weight excluding hydrogens is 186 g/mol. The second-order valence-corrected chi connectivity index (χ2v) is 4.06. The molecule has 0 aliphatic heterocycles. The summed E-state index contributed by atoms with van der Waals surface area (Å²) in [6.07, 6.45) is 0. The van der Waals surface area contributed by atoms with Crippen molar-refractivity contribution in [2.75, 3.05) is 13.2 Å². The normalized spacial score (nSPS) is 9.67. The quantitative estimate of drug-likeness (QED) is 0.774. The highest BCUT2D eigenvalue weighted by atomic mass is 16.5. The summed E-state index contributed by atoms with van der Waals surface area (Å²) in [6, 6.07) is 10.1. The zero-order valence-electron chi connectivity index (χ0n) is 10.1. The minimum absolute atomic E-state index is 0.590. The van der Waals surface area contributed by atoms with Crippen molar-refractivity contribution in [3.63, 3.8) is 0 Å². The summed E-state index contributed by atoms with van der Waals surface area (Å²) in [4.78, 5) is 0. The molecule has 1 aromatic carbocycles. The highest BCUT2D eigenvalue weighted by molar-refractivity contribution is 5.13. The van der Waals surface area contributed by atoms with Crippen LogP contribution in [0.3, 0.4) is 0 Å². The molecule has 0 amide bonds. The second kappa shape index (κ2) is 9.69. The summed E-state index contributed by atoms with van der Waals surface area (Å²) in [5.41, 5.74) is 6.46. The monoisotopic (exact) mass is 209 g/mol. The minimum Gasteiger partial charge on any atom is -0.375 e. The molecule has 0 spiro atoms. The van der Waals surface area contributed by atoms with Crippen LogP contribution in [-0.4, -0.2) is 13.2 Å². The molecule has 0 saturated carbocycles. The molecule has 0 unspecified atom stereocenters. The second-order valence-electron chi connectivity index (χ2n) is 4.06. The van der Waals surface area contributed by atoms with Gasteiger partial charge in [0.05, 0.1) is 13.2 Å². The third kappa shape index (κ3) is 11.1. The molecule has 0 saturated heterocycles. The van der Waals surface area contributed by atoms with Crippen molar-refractivity contribution in [1.29, 1.82) is 0 Å². The first-order chi connectivity index (χ1) is 7.16. The molecule has 0 fully saturated rings. The molecule has 0 atom stereocenters. The van der Waals surface area contributed by atoms with E-state index in [0.717, 1.165) is 5.92 Å². The third-order valence-corrected chi connectivity index (χ3v) is 1.37. The van der Waals surface area contributed by atoms with E-state index >= 15 is 0 Å². The highest BCUT2D eigenvalue weighted by Gasteiger charge is 1.88. The largest absolute Gasteiger partial charge is 0.375 e. The summed E-state index contributed by atoms with van der Waals surface area (Å²) in [5, 5.41) is 0. The van der Waals surface area contributed by atoms with Crippen molar-refractivity contribution in [2.24, 2.45) is 11.7 Å². The van der Waals surface area contributed by atoms with Crippen molar-refractivity contribution in [1.82, 2.24) is 0 Å². The molecule has 1 aromatic rings. The van der Waals surface area contributed by atoms with Crippen LogP contribution in [0.5, 0.6) is 0 Å². The van der Waals surface area contributed by atoms with Crippen molar-refractivity contribution >= 4 is 0 Å². The molecule has 0 bridgehead atoms. The summed E-state index contributed by atoms with van der Waals surface area (Å²) in [6.45, 7) is 8.39. The van der Waals surface area contributed by atoms with Gasteiger partial charge in [-0.15, -0.1) is 0 Å². The van der Waals surface area contributed by atoms with Gasteiger partial charge in [-0.25, -0.2) is 0 Å². The van der Waals surface area contributed by atoms with Gasteiger partial charge in [-0.2, -0.15) is 0 Å². The molecule has 0 aliphatic carbocycles. The Morgan fingerprint density at radius 2 is 1.67 bits per heavy atom. The van der Waals surface area contributed by atoms with Gasteiger partial charge in [0.1, 0.15) is 0 Å². The number of hydrogen-bond donors (Lipinski definition) is 1. The average Bonchev–Trinajstić information content (AvgIpc) is 2.19. The summed E-state index contributed by atoms with van der Waals surface area (Å²) in [5.74, 6) is 0.833. The number of hydrogen-bond acceptors (Lipinski definition) is 2. The highest BCUT2D eigenvalue weighted by Crippen LogP contribution is 1.99. The van der Waals surface area contributed by atoms with Gasteiger partial charge in [-0.1, -0.05) is 51.1 Å². The summed E-state index contributed by atoms with van der Waals surface area (Å²) < 4.78 is 5.24. The molecular formula is C13H23NO. The first-order valence-electron chi connectivity index (χ1n) is 5.48. The van der Waals surface area contributed by atoms with E-state index in [2.05, 4.69) is 20.8 Å². The van der Waals surface area contributed by atoms with Crippen LogP contribution in [-0.2, 0) is 11.3 Å². The Bertz CT molecular complexity index is 218. The van der Waals surface area contributed by atoms with Gasteiger partial charge in [-0.3, -0.25) is 0 Å². The fourth-order valence-electron chi connectivity index (χ4n) is 0.848. The lowest BCUT2D eigenvalue weighted by atomic mass is 10.2. The van der Waals surface area contributed by atoms with Gasteiger partial charge in [0, 0.05) is 6.54 Å². The Kier molecular flexibility index (Phi) is 9.13. The first kappa shape index (κ1) is 14.1. The van der Waals surface area contributed by atoms with Gasteiger partial charge >= 0.3 is 0 Å². The predicted octanol–water partition coefficient (Wildman–Crippen LogP) is 2.82. The minimum atomic E-state index is 0.590. The van der Waals surface area contributed by atoms with E-state index in [1.54, 1.807) is 0 Å². The number of nitrogens with two attached hydrogens (primary N) is 1. The van der Waals surface area contributed by atoms with E-state index in [-0.39, 0.29) is 0 Å². The van der Waals surface area contributed by atoms with E-state index < -0.39 is 0 Å². The smallest absolute Gasteiger partial charge is 0.0717 e. The Hall–Kier alpha value is -0.860. The molecule has 2 heteroatoms. The van der Waals surface area contributed by atoms with Gasteiger partial charge < -0.3 is 10.5 Å². The van der Waals surface area contributed by atoms with Crippen LogP contribution in [0.25, 0.3) is 0 Å². The number of ether oxygens (including phenoxy) is 1. The van der Waals surface area contributed by atoms with Crippen LogP contribution in [0, 0.1) is 5.92 Å². The Labute approximate surface area is 93.4 Å². The van der Waals surface area contributed by atoms with Crippen molar-refractivity contribution in [2.45, 2.75) is 27.4 Å². The molecule has 0 heterocycles. The number of rotatable bonds is 4. The van der Waals surface area contributed by atoms with Gasteiger partial charge in [0.2, 0.25) is 0 Å². The third-order valence-electron chi connectivity index (χ3n) is 1.37. The Morgan fingerprint density at radius 3 is 2.13 bits per heavy atom. The van der Waals surface area contributed by atoms with E-state index in [1.807, 2.05) is 30.3 Å². The maximum atomic E-state index is 5.27. The fourth-order valence-corrected chi connectivity index (χ4v) is 0.848. The van der Waals surface area contributed by atoms with Crippen LogP contribution in [0.1, 0.15) is 26.3 Å². The first-order valence-corrected chi connectivity index (χ1v) is 5.48. The molecule has 0 aliphatic rings. The SMILES string of the molecule is CC(C)C.NCCOCc1ccccc1.